The quantitative estimate of drug-likeness (QED) is 0.861. The molecule has 0 aliphatic rings. The number of nitrogens with one attached hydrogen (secondary N) is 1. The molecule has 0 amide bonds. The minimum atomic E-state index is 0.663. The molecule has 2 rings (SSSR count). The molecule has 0 atom stereocenters. The number of thiazole rings is 1. The lowest BCUT2D eigenvalue weighted by Gasteiger charge is -2.09. The summed E-state index contributed by atoms with van der Waals surface area (Å²) in [6, 6.07) is 8.63. The first-order chi connectivity index (χ1) is 8.67. The van der Waals surface area contributed by atoms with E-state index in [0.29, 0.717) is 4.80 Å². The lowest BCUT2D eigenvalue weighted by atomic mass is 10.1. The van der Waals surface area contributed by atoms with E-state index in [1.54, 1.807) is 11.3 Å². The van der Waals surface area contributed by atoms with Crippen molar-refractivity contribution in [2.45, 2.75) is 40.2 Å². The van der Waals surface area contributed by atoms with Gasteiger partial charge in [0.05, 0.1) is 5.69 Å². The molecular weight excluding hydrogens is 240 g/mol. The van der Waals surface area contributed by atoms with Gasteiger partial charge in [-0.1, -0.05) is 43.2 Å². The van der Waals surface area contributed by atoms with E-state index in [9.17, 15) is 0 Å². The van der Waals surface area contributed by atoms with Gasteiger partial charge in [-0.05, 0) is 25.8 Å². The van der Waals surface area contributed by atoms with Crippen molar-refractivity contribution in [3.05, 3.63) is 39.5 Å². The monoisotopic (exact) mass is 260 g/mol. The van der Waals surface area contributed by atoms with Gasteiger partial charge in [0.2, 0.25) is 0 Å². The Balaban J connectivity index is 2.59. The molecule has 96 valence electrons. The zero-order valence-corrected chi connectivity index (χ0v) is 12.1. The Kier molecular flexibility index (Phi) is 4.02. The van der Waals surface area contributed by atoms with Gasteiger partial charge in [0, 0.05) is 11.4 Å². The number of nitrogens with zero attached hydrogens (tertiary/aromatic N) is 1. The molecule has 2 aromatic rings. The summed E-state index contributed by atoms with van der Waals surface area (Å²) >= 11 is 1.62. The minimum absolute atomic E-state index is 0.663. The topological polar surface area (TPSA) is 28.8 Å². The Morgan fingerprint density at radius 2 is 1.83 bits per heavy atom. The van der Waals surface area contributed by atoms with Crippen LogP contribution in [0.1, 0.15) is 30.7 Å². The Hall–Kier alpha value is -1.35. The van der Waals surface area contributed by atoms with Crippen LogP contribution >= 0.6 is 11.3 Å². The van der Waals surface area contributed by atoms with Gasteiger partial charge in [-0.2, -0.15) is 0 Å². The Morgan fingerprint density at radius 1 is 1.17 bits per heavy atom. The van der Waals surface area contributed by atoms with Crippen molar-refractivity contribution < 1.29 is 0 Å². The van der Waals surface area contributed by atoms with Crippen molar-refractivity contribution in [3.63, 3.8) is 0 Å². The first-order valence-electron chi connectivity index (χ1n) is 6.51. The SMILES string of the molecule is CCCc1sc(=N)n(CC)c1-c1ccc(C)cc1. The van der Waals surface area contributed by atoms with Gasteiger partial charge in [-0.15, -0.1) is 11.3 Å². The van der Waals surface area contributed by atoms with Gasteiger partial charge in [0.25, 0.3) is 0 Å². The molecule has 1 aromatic heterocycles. The van der Waals surface area contributed by atoms with Crippen molar-refractivity contribution in [1.82, 2.24) is 4.57 Å². The van der Waals surface area contributed by atoms with Crippen LogP contribution in [0.2, 0.25) is 0 Å². The molecule has 1 aromatic carbocycles. The maximum atomic E-state index is 8.08. The molecule has 0 aliphatic heterocycles. The number of rotatable bonds is 4. The van der Waals surface area contributed by atoms with Gasteiger partial charge >= 0.3 is 0 Å². The van der Waals surface area contributed by atoms with Crippen LogP contribution in [0.5, 0.6) is 0 Å². The summed E-state index contributed by atoms with van der Waals surface area (Å²) in [6.45, 7) is 7.27. The summed E-state index contributed by atoms with van der Waals surface area (Å²) in [6.07, 6.45) is 2.19. The van der Waals surface area contributed by atoms with Crippen molar-refractivity contribution in [2.75, 3.05) is 0 Å². The predicted octanol–water partition coefficient (Wildman–Crippen LogP) is 3.98. The fourth-order valence-corrected chi connectivity index (χ4v) is 3.39. The summed E-state index contributed by atoms with van der Waals surface area (Å²) < 4.78 is 2.11. The molecule has 0 saturated carbocycles. The Bertz CT molecular complexity index is 576. The lowest BCUT2D eigenvalue weighted by molar-refractivity contribution is 0.731. The molecule has 0 fully saturated rings. The summed E-state index contributed by atoms with van der Waals surface area (Å²) in [5, 5.41) is 8.08. The Morgan fingerprint density at radius 3 is 2.39 bits per heavy atom. The molecule has 18 heavy (non-hydrogen) atoms. The second kappa shape index (κ2) is 5.53. The highest BCUT2D eigenvalue weighted by atomic mass is 32.1. The van der Waals surface area contributed by atoms with E-state index in [1.165, 1.54) is 21.7 Å². The third-order valence-electron chi connectivity index (χ3n) is 3.12. The smallest absolute Gasteiger partial charge is 0.182 e. The van der Waals surface area contributed by atoms with Crippen LogP contribution in [-0.4, -0.2) is 4.57 Å². The van der Waals surface area contributed by atoms with Crippen LogP contribution in [0.25, 0.3) is 11.3 Å². The van der Waals surface area contributed by atoms with E-state index in [-0.39, 0.29) is 0 Å². The molecule has 1 N–H and O–H groups in total. The maximum absolute atomic E-state index is 8.08. The largest absolute Gasteiger partial charge is 0.317 e. The molecule has 1 heterocycles. The van der Waals surface area contributed by atoms with Gasteiger partial charge < -0.3 is 4.57 Å². The zero-order valence-electron chi connectivity index (χ0n) is 11.3. The van der Waals surface area contributed by atoms with Crippen LogP contribution in [-0.2, 0) is 13.0 Å². The number of hydrogen-bond donors (Lipinski definition) is 1. The highest BCUT2D eigenvalue weighted by molar-refractivity contribution is 7.09. The number of hydrogen-bond acceptors (Lipinski definition) is 2. The average Bonchev–Trinajstić information content (AvgIpc) is 2.67. The predicted molar refractivity (Wildman–Crippen MR) is 78.0 cm³/mol. The molecule has 0 saturated heterocycles. The summed E-state index contributed by atoms with van der Waals surface area (Å²) in [7, 11) is 0. The molecular formula is C15H20N2S. The van der Waals surface area contributed by atoms with Gasteiger partial charge in [-0.25, -0.2) is 0 Å². The van der Waals surface area contributed by atoms with Crippen LogP contribution in [0.15, 0.2) is 24.3 Å². The standard InChI is InChI=1S/C15H20N2S/c1-4-6-13-14(17(5-2)15(16)18-13)12-9-7-11(3)8-10-12/h7-10,16H,4-6H2,1-3H3. The van der Waals surface area contributed by atoms with Crippen molar-refractivity contribution in [2.24, 2.45) is 0 Å². The molecule has 3 heteroatoms. The zero-order chi connectivity index (χ0) is 13.1. The normalized spacial score (nSPS) is 10.8. The number of benzene rings is 1. The average molecular weight is 260 g/mol. The highest BCUT2D eigenvalue weighted by Gasteiger charge is 2.13. The number of aromatic nitrogens is 1. The highest BCUT2D eigenvalue weighted by Crippen LogP contribution is 2.27. The third kappa shape index (κ3) is 2.41. The molecule has 0 spiro atoms. The van der Waals surface area contributed by atoms with Crippen LogP contribution in [0.4, 0.5) is 0 Å². The first-order valence-corrected chi connectivity index (χ1v) is 7.33. The molecule has 2 nitrogen and oxygen atoms in total. The van der Waals surface area contributed by atoms with Crippen molar-refractivity contribution >= 4 is 11.3 Å². The third-order valence-corrected chi connectivity index (χ3v) is 4.17. The molecule has 0 unspecified atom stereocenters. The van der Waals surface area contributed by atoms with E-state index in [2.05, 4.69) is 49.6 Å². The fraction of sp³-hybridized carbons (Fsp3) is 0.400. The summed E-state index contributed by atoms with van der Waals surface area (Å²) in [5.74, 6) is 0. The van der Waals surface area contributed by atoms with E-state index in [0.717, 1.165) is 19.4 Å². The second-order valence-corrected chi connectivity index (χ2v) is 5.62. The van der Waals surface area contributed by atoms with Crippen LogP contribution < -0.4 is 4.80 Å². The first kappa shape index (κ1) is 13.1. The van der Waals surface area contributed by atoms with E-state index >= 15 is 0 Å². The van der Waals surface area contributed by atoms with Crippen LogP contribution in [0, 0.1) is 12.3 Å². The van der Waals surface area contributed by atoms with Gasteiger partial charge in [-0.3, -0.25) is 5.41 Å². The van der Waals surface area contributed by atoms with E-state index in [1.807, 2.05) is 0 Å². The lowest BCUT2D eigenvalue weighted by Crippen LogP contribution is -2.12. The van der Waals surface area contributed by atoms with Gasteiger partial charge in [0.15, 0.2) is 4.80 Å². The van der Waals surface area contributed by atoms with Crippen molar-refractivity contribution in [1.29, 1.82) is 5.41 Å². The molecule has 0 radical (unpaired) electrons. The van der Waals surface area contributed by atoms with Gasteiger partial charge in [0.1, 0.15) is 0 Å². The number of aryl methyl sites for hydroxylation is 2. The van der Waals surface area contributed by atoms with E-state index < -0.39 is 0 Å². The van der Waals surface area contributed by atoms with Crippen molar-refractivity contribution in [3.8, 4) is 11.3 Å². The minimum Gasteiger partial charge on any atom is -0.317 e. The molecule has 0 bridgehead atoms. The van der Waals surface area contributed by atoms with Crippen LogP contribution in [0.3, 0.4) is 0 Å². The second-order valence-electron chi connectivity index (χ2n) is 4.54. The fourth-order valence-electron chi connectivity index (χ4n) is 2.20. The summed E-state index contributed by atoms with van der Waals surface area (Å²) in [4.78, 5) is 2.00. The van der Waals surface area contributed by atoms with E-state index in [4.69, 9.17) is 5.41 Å². The Labute approximate surface area is 112 Å². The maximum Gasteiger partial charge on any atom is 0.182 e. The molecule has 0 aliphatic carbocycles. The summed E-state index contributed by atoms with van der Waals surface area (Å²) in [5.41, 5.74) is 3.76.